The topological polar surface area (TPSA) is 44.8 Å². The molecule has 1 heterocycles. The molecule has 4 nitrogen and oxygen atoms in total. The zero-order chi connectivity index (χ0) is 32.5. The minimum Gasteiger partial charge on any atom is -0.422 e. The fraction of sp³-hybridized carbons (Fsp3) is 0.119. The molecule has 1 aliphatic rings. The number of carbonyl (C=O) groups excluding carboxylic acids is 1. The summed E-state index contributed by atoms with van der Waals surface area (Å²) < 4.78 is 19.9. The van der Waals surface area contributed by atoms with Crippen LogP contribution >= 0.6 is 15.8 Å². The van der Waals surface area contributed by atoms with Crippen LogP contribution in [0.1, 0.15) is 22.2 Å². The summed E-state index contributed by atoms with van der Waals surface area (Å²) in [4.78, 5) is 13.1. The second-order valence-corrected chi connectivity index (χ2v) is 16.0. The number of esters is 1. The smallest absolute Gasteiger partial charge is 0.343 e. The number of para-hydroxylation sites is 1. The summed E-state index contributed by atoms with van der Waals surface area (Å²) >= 11 is 0. The van der Waals surface area contributed by atoms with E-state index in [-0.39, 0.29) is 12.2 Å². The third-order valence-corrected chi connectivity index (χ3v) is 13.5. The number of rotatable bonds is 11. The molecule has 6 aromatic rings. The van der Waals surface area contributed by atoms with Gasteiger partial charge in [-0.05, 0) is 55.3 Å². The number of ether oxygens (including phenoxy) is 3. The fourth-order valence-electron chi connectivity index (χ4n) is 6.01. The summed E-state index contributed by atoms with van der Waals surface area (Å²) in [6, 6.07) is 59.5. The Balaban J connectivity index is 1.24. The lowest BCUT2D eigenvalue weighted by Crippen LogP contribution is -2.33. The Hall–Kier alpha value is -4.43. The minimum absolute atomic E-state index is 0.197. The molecular formula is C42H36O4P2. The maximum absolute atomic E-state index is 13.1. The Kier molecular flexibility index (Phi) is 10.5. The van der Waals surface area contributed by atoms with Gasteiger partial charge in [-0.3, -0.25) is 0 Å². The highest BCUT2D eigenvalue weighted by Gasteiger charge is 2.41. The van der Waals surface area contributed by atoms with Gasteiger partial charge in [0.05, 0.1) is 23.3 Å². The van der Waals surface area contributed by atoms with Crippen LogP contribution in [0.25, 0.3) is 0 Å². The molecule has 0 spiro atoms. The second kappa shape index (κ2) is 15.6. The van der Waals surface area contributed by atoms with Crippen molar-refractivity contribution in [3.63, 3.8) is 0 Å². The Morgan fingerprint density at radius 1 is 0.479 bits per heavy atom. The number of hydrogen-bond acceptors (Lipinski definition) is 4. The number of carbonyl (C=O) groups is 1. The molecule has 0 aromatic heterocycles. The molecule has 0 N–H and O–H groups in total. The van der Waals surface area contributed by atoms with Crippen molar-refractivity contribution in [2.45, 2.75) is 18.5 Å². The van der Waals surface area contributed by atoms with Crippen LogP contribution in [0, 0.1) is 0 Å². The first-order valence-electron chi connectivity index (χ1n) is 16.2. The van der Waals surface area contributed by atoms with Gasteiger partial charge in [-0.1, -0.05) is 158 Å². The summed E-state index contributed by atoms with van der Waals surface area (Å²) in [5.74, 6) is 0.0278. The van der Waals surface area contributed by atoms with E-state index in [4.69, 9.17) is 14.2 Å². The van der Waals surface area contributed by atoms with E-state index in [0.717, 1.165) is 12.3 Å². The van der Waals surface area contributed by atoms with Crippen molar-refractivity contribution >= 4 is 43.0 Å². The zero-order valence-electron chi connectivity index (χ0n) is 26.4. The monoisotopic (exact) mass is 666 g/mol. The predicted octanol–water partition coefficient (Wildman–Crippen LogP) is 7.95. The maximum atomic E-state index is 13.1. The normalized spacial score (nSPS) is 16.3. The molecule has 6 heteroatoms. The molecule has 1 fully saturated rings. The van der Waals surface area contributed by atoms with Crippen LogP contribution < -0.4 is 26.0 Å². The Labute approximate surface area is 284 Å². The van der Waals surface area contributed by atoms with Crippen LogP contribution in [0.3, 0.4) is 0 Å². The summed E-state index contributed by atoms with van der Waals surface area (Å²) in [5.41, 5.74) is 1.20. The SMILES string of the molecule is O=C(Oc1ccccc1C1O[C@@H](CP(c2ccccc2)c2ccccc2)[C@H](CP(c2ccccc2)c2ccccc2)O1)c1ccccc1. The quantitative estimate of drug-likeness (QED) is 0.0800. The lowest BCUT2D eigenvalue weighted by Gasteiger charge is -2.27. The van der Waals surface area contributed by atoms with Gasteiger partial charge in [0.1, 0.15) is 5.75 Å². The van der Waals surface area contributed by atoms with E-state index in [2.05, 4.69) is 121 Å². The Morgan fingerprint density at radius 2 is 0.833 bits per heavy atom. The highest BCUT2D eigenvalue weighted by molar-refractivity contribution is 7.73. The molecule has 0 bridgehead atoms. The minimum atomic E-state index is -0.745. The van der Waals surface area contributed by atoms with E-state index < -0.39 is 28.1 Å². The molecule has 1 saturated heterocycles. The van der Waals surface area contributed by atoms with Gasteiger partial charge in [0.2, 0.25) is 0 Å². The summed E-state index contributed by atoms with van der Waals surface area (Å²) in [7, 11) is -1.49. The molecule has 48 heavy (non-hydrogen) atoms. The van der Waals surface area contributed by atoms with Gasteiger partial charge in [-0.2, -0.15) is 0 Å². The number of hydrogen-bond donors (Lipinski definition) is 0. The van der Waals surface area contributed by atoms with Gasteiger partial charge in [-0.15, -0.1) is 0 Å². The van der Waals surface area contributed by atoms with E-state index in [0.29, 0.717) is 16.9 Å². The van der Waals surface area contributed by atoms with Gasteiger partial charge in [0.15, 0.2) is 6.29 Å². The molecular weight excluding hydrogens is 630 g/mol. The van der Waals surface area contributed by atoms with Crippen LogP contribution in [0.4, 0.5) is 0 Å². The van der Waals surface area contributed by atoms with Crippen molar-refractivity contribution in [2.75, 3.05) is 12.3 Å². The molecule has 1 aliphatic heterocycles. The Bertz CT molecular complexity index is 1720. The van der Waals surface area contributed by atoms with Crippen molar-refractivity contribution < 1.29 is 19.0 Å². The first-order chi connectivity index (χ1) is 23.7. The first-order valence-corrected chi connectivity index (χ1v) is 19.2. The van der Waals surface area contributed by atoms with Crippen LogP contribution in [0.5, 0.6) is 5.75 Å². The third kappa shape index (κ3) is 7.65. The van der Waals surface area contributed by atoms with Gasteiger partial charge in [0, 0.05) is 12.3 Å². The standard InChI is InChI=1S/C42H36O4P2/c43-41(32-18-6-1-7-19-32)44-38-29-17-16-28-37(38)42-45-39(30-47(33-20-8-2-9-21-33)34-22-10-3-11-23-34)40(46-42)31-48(35-24-12-4-13-25-35)36-26-14-5-15-27-36/h1-29,39-40,42H,30-31H2/t39-,40-/m0/s1. The molecule has 0 radical (unpaired) electrons. The van der Waals surface area contributed by atoms with Crippen LogP contribution in [-0.2, 0) is 9.47 Å². The van der Waals surface area contributed by atoms with Crippen LogP contribution in [0.15, 0.2) is 176 Å². The largest absolute Gasteiger partial charge is 0.422 e. The summed E-state index contributed by atoms with van der Waals surface area (Å²) in [5, 5.41) is 5.20. The van der Waals surface area contributed by atoms with Gasteiger partial charge in [0.25, 0.3) is 0 Å². The van der Waals surface area contributed by atoms with Gasteiger partial charge >= 0.3 is 5.97 Å². The lowest BCUT2D eigenvalue weighted by atomic mass is 10.2. The third-order valence-electron chi connectivity index (χ3n) is 8.39. The maximum Gasteiger partial charge on any atom is 0.343 e. The molecule has 0 amide bonds. The van der Waals surface area contributed by atoms with E-state index in [1.165, 1.54) is 21.2 Å². The average Bonchev–Trinajstić information content (AvgIpc) is 3.56. The predicted molar refractivity (Wildman–Crippen MR) is 198 cm³/mol. The fourth-order valence-corrected chi connectivity index (χ4v) is 10.9. The molecule has 238 valence electrons. The van der Waals surface area contributed by atoms with Crippen molar-refractivity contribution in [2.24, 2.45) is 0 Å². The molecule has 7 rings (SSSR count). The van der Waals surface area contributed by atoms with Crippen molar-refractivity contribution in [1.29, 1.82) is 0 Å². The second-order valence-electron chi connectivity index (χ2n) is 11.5. The average molecular weight is 667 g/mol. The van der Waals surface area contributed by atoms with E-state index in [1.807, 2.05) is 42.5 Å². The van der Waals surface area contributed by atoms with E-state index in [1.54, 1.807) is 12.1 Å². The molecule has 2 atom stereocenters. The van der Waals surface area contributed by atoms with E-state index >= 15 is 0 Å². The highest BCUT2D eigenvalue weighted by atomic mass is 31.1. The van der Waals surface area contributed by atoms with Crippen LogP contribution in [-0.4, -0.2) is 30.5 Å². The van der Waals surface area contributed by atoms with Gasteiger partial charge < -0.3 is 14.2 Å². The molecule has 0 aliphatic carbocycles. The van der Waals surface area contributed by atoms with Crippen LogP contribution in [0.2, 0.25) is 0 Å². The Morgan fingerprint density at radius 3 is 1.25 bits per heavy atom. The number of benzene rings is 6. The van der Waals surface area contributed by atoms with Crippen molar-refractivity contribution in [3.8, 4) is 5.75 Å². The molecule has 0 unspecified atom stereocenters. The molecule has 6 aromatic carbocycles. The lowest BCUT2D eigenvalue weighted by molar-refractivity contribution is -0.0655. The van der Waals surface area contributed by atoms with Crippen molar-refractivity contribution in [3.05, 3.63) is 187 Å². The zero-order valence-corrected chi connectivity index (χ0v) is 28.2. The molecule has 0 saturated carbocycles. The first kappa shape index (κ1) is 32.1. The summed E-state index contributed by atoms with van der Waals surface area (Å²) in [6.07, 6.45) is 0.507. The summed E-state index contributed by atoms with van der Waals surface area (Å²) in [6.45, 7) is 0. The van der Waals surface area contributed by atoms with Crippen molar-refractivity contribution in [1.82, 2.24) is 0 Å². The van der Waals surface area contributed by atoms with E-state index in [9.17, 15) is 4.79 Å². The van der Waals surface area contributed by atoms with Gasteiger partial charge in [-0.25, -0.2) is 4.79 Å². The highest BCUT2D eigenvalue weighted by Crippen LogP contribution is 2.46.